The predicted octanol–water partition coefficient (Wildman–Crippen LogP) is 2.94. The Morgan fingerprint density at radius 2 is 1.71 bits per heavy atom. The number of hydrogen-bond donors (Lipinski definition) is 0. The van der Waals surface area contributed by atoms with E-state index in [9.17, 15) is 8.42 Å². The molecule has 0 unspecified atom stereocenters. The fourth-order valence-electron chi connectivity index (χ4n) is 3.36. The molecule has 0 aliphatic carbocycles. The van der Waals surface area contributed by atoms with E-state index in [1.165, 1.54) is 4.31 Å². The molecule has 1 fully saturated rings. The van der Waals surface area contributed by atoms with E-state index >= 15 is 0 Å². The van der Waals surface area contributed by atoms with Crippen LogP contribution in [0, 0.1) is 4.84 Å². The van der Waals surface area contributed by atoms with Crippen molar-refractivity contribution < 1.29 is 17.6 Å². The third-order valence-electron chi connectivity index (χ3n) is 4.94. The molecule has 4 rings (SSSR count). The Bertz CT molecular complexity index is 1130. The second-order valence-electron chi connectivity index (χ2n) is 6.60. The highest BCUT2D eigenvalue weighted by Gasteiger charge is 2.28. The van der Waals surface area contributed by atoms with Crippen molar-refractivity contribution in [2.45, 2.75) is 11.6 Å². The first-order valence-corrected chi connectivity index (χ1v) is 10.8. The lowest BCUT2D eigenvalue weighted by atomic mass is 10.3. The van der Waals surface area contributed by atoms with E-state index in [-0.39, 0.29) is 4.90 Å². The minimum Gasteiger partial charge on any atom is -0.497 e. The van der Waals surface area contributed by atoms with Gasteiger partial charge in [-0.25, -0.2) is 8.42 Å². The van der Waals surface area contributed by atoms with Crippen LogP contribution in [0.3, 0.4) is 0 Å². The number of oxazole rings is 1. The largest absolute Gasteiger partial charge is 0.497 e. The van der Waals surface area contributed by atoms with Crippen LogP contribution in [0.15, 0.2) is 57.8 Å². The third-order valence-corrected chi connectivity index (χ3v) is 7.16. The monoisotopic (exact) mass is 419 g/mol. The number of piperazine rings is 1. The summed E-state index contributed by atoms with van der Waals surface area (Å²) in [6, 6.07) is 14.2. The molecule has 7 nitrogen and oxygen atoms in total. The Balaban J connectivity index is 1.45. The molecule has 1 saturated heterocycles. The highest BCUT2D eigenvalue weighted by atomic mass is 32.2. The Hall–Kier alpha value is -2.20. The summed E-state index contributed by atoms with van der Waals surface area (Å²) < 4.78 is 39.9. The van der Waals surface area contributed by atoms with Gasteiger partial charge in [-0.05, 0) is 48.6 Å². The van der Waals surface area contributed by atoms with Crippen LogP contribution in [0.1, 0.15) is 0 Å². The Morgan fingerprint density at radius 1 is 1.04 bits per heavy atom. The zero-order chi connectivity index (χ0) is 19.7. The summed E-state index contributed by atoms with van der Waals surface area (Å²) in [5, 5.41) is 0. The van der Waals surface area contributed by atoms with Crippen molar-refractivity contribution in [2.75, 3.05) is 33.3 Å². The standard InChI is InChI=1S/C19H21N3O4S2/c1-25-15-6-8-16(9-7-15)28(23,24)21-12-10-20(11-13-21)14-22-17-4-2-3-5-18(17)26-19(22)27/h2-9H,10-14H2,1H3. The molecule has 0 N–H and O–H groups in total. The zero-order valence-corrected chi connectivity index (χ0v) is 17.1. The number of benzene rings is 2. The first kappa shape index (κ1) is 19.1. The van der Waals surface area contributed by atoms with Crippen LogP contribution in [-0.2, 0) is 16.7 Å². The minimum atomic E-state index is -3.51. The van der Waals surface area contributed by atoms with E-state index in [2.05, 4.69) is 4.90 Å². The number of rotatable bonds is 5. The molecule has 0 atom stereocenters. The van der Waals surface area contributed by atoms with E-state index in [0.29, 0.717) is 43.4 Å². The van der Waals surface area contributed by atoms with Gasteiger partial charge in [0.05, 0.1) is 24.2 Å². The van der Waals surface area contributed by atoms with Gasteiger partial charge in [0.2, 0.25) is 10.0 Å². The van der Waals surface area contributed by atoms with Crippen molar-refractivity contribution in [1.29, 1.82) is 0 Å². The molecular formula is C19H21N3O4S2. The van der Waals surface area contributed by atoms with Gasteiger partial charge in [0.1, 0.15) is 5.75 Å². The summed E-state index contributed by atoms with van der Waals surface area (Å²) in [6.07, 6.45) is 0. The van der Waals surface area contributed by atoms with Crippen LogP contribution in [0.2, 0.25) is 0 Å². The van der Waals surface area contributed by atoms with Crippen LogP contribution >= 0.6 is 12.2 Å². The van der Waals surface area contributed by atoms with Crippen molar-refractivity contribution in [1.82, 2.24) is 13.8 Å². The highest BCUT2D eigenvalue weighted by Crippen LogP contribution is 2.22. The van der Waals surface area contributed by atoms with Gasteiger partial charge in [-0.2, -0.15) is 4.31 Å². The van der Waals surface area contributed by atoms with Gasteiger partial charge in [0.15, 0.2) is 5.58 Å². The number of fused-ring (bicyclic) bond motifs is 1. The number of sulfonamides is 1. The average molecular weight is 420 g/mol. The van der Waals surface area contributed by atoms with Crippen LogP contribution < -0.4 is 4.74 Å². The lowest BCUT2D eigenvalue weighted by Crippen LogP contribution is -2.48. The molecular weight excluding hydrogens is 398 g/mol. The number of aromatic nitrogens is 1. The molecule has 0 bridgehead atoms. The molecule has 0 saturated carbocycles. The number of hydrogen-bond acceptors (Lipinski definition) is 6. The zero-order valence-electron chi connectivity index (χ0n) is 15.4. The lowest BCUT2D eigenvalue weighted by molar-refractivity contribution is 0.151. The molecule has 0 amide bonds. The molecule has 1 aromatic heterocycles. The first-order valence-electron chi connectivity index (χ1n) is 8.94. The Morgan fingerprint density at radius 3 is 2.39 bits per heavy atom. The first-order chi connectivity index (χ1) is 13.5. The van der Waals surface area contributed by atoms with Gasteiger partial charge >= 0.3 is 0 Å². The second kappa shape index (κ2) is 7.67. The number of methoxy groups -OCH3 is 1. The maximum Gasteiger partial charge on any atom is 0.270 e. The topological polar surface area (TPSA) is 67.9 Å². The maximum atomic E-state index is 12.9. The molecule has 28 heavy (non-hydrogen) atoms. The third kappa shape index (κ3) is 3.58. The Labute approximate surface area is 168 Å². The van der Waals surface area contributed by atoms with Gasteiger partial charge in [0, 0.05) is 26.2 Å². The van der Waals surface area contributed by atoms with E-state index in [1.807, 2.05) is 28.8 Å². The second-order valence-corrected chi connectivity index (χ2v) is 8.89. The van der Waals surface area contributed by atoms with Crippen LogP contribution in [-0.4, -0.2) is 55.5 Å². The average Bonchev–Trinajstić information content (AvgIpc) is 3.04. The van der Waals surface area contributed by atoms with E-state index in [4.69, 9.17) is 21.4 Å². The minimum absolute atomic E-state index is 0.282. The molecule has 0 radical (unpaired) electrons. The van der Waals surface area contributed by atoms with E-state index in [0.717, 1.165) is 11.1 Å². The van der Waals surface area contributed by atoms with Gasteiger partial charge in [-0.15, -0.1) is 0 Å². The van der Waals surface area contributed by atoms with Crippen molar-refractivity contribution >= 4 is 33.3 Å². The highest BCUT2D eigenvalue weighted by molar-refractivity contribution is 7.89. The summed E-state index contributed by atoms with van der Waals surface area (Å²) in [7, 11) is -1.96. The maximum absolute atomic E-state index is 12.9. The molecule has 9 heteroatoms. The fraction of sp³-hybridized carbons (Fsp3) is 0.316. The molecule has 1 aliphatic rings. The Kier molecular flexibility index (Phi) is 5.24. The molecule has 2 heterocycles. The summed E-state index contributed by atoms with van der Waals surface area (Å²) in [5.74, 6) is 0.632. The van der Waals surface area contributed by atoms with Gasteiger partial charge in [-0.1, -0.05) is 12.1 Å². The van der Waals surface area contributed by atoms with Gasteiger partial charge in [-0.3, -0.25) is 9.47 Å². The smallest absolute Gasteiger partial charge is 0.270 e. The van der Waals surface area contributed by atoms with Crippen LogP contribution in [0.5, 0.6) is 5.75 Å². The summed E-state index contributed by atoms with van der Waals surface area (Å²) >= 11 is 5.34. The molecule has 148 valence electrons. The van der Waals surface area contributed by atoms with Crippen LogP contribution in [0.4, 0.5) is 0 Å². The number of nitrogens with zero attached hydrogens (tertiary/aromatic N) is 3. The van der Waals surface area contributed by atoms with Crippen molar-refractivity contribution in [3.63, 3.8) is 0 Å². The number of para-hydroxylation sites is 2. The van der Waals surface area contributed by atoms with E-state index < -0.39 is 10.0 Å². The van der Waals surface area contributed by atoms with Gasteiger partial charge < -0.3 is 9.15 Å². The predicted molar refractivity (Wildman–Crippen MR) is 108 cm³/mol. The van der Waals surface area contributed by atoms with Crippen molar-refractivity contribution in [3.05, 3.63) is 53.4 Å². The summed E-state index contributed by atoms with van der Waals surface area (Å²) in [6.45, 7) is 2.68. The SMILES string of the molecule is COc1ccc(S(=O)(=O)N2CCN(Cn3c(=S)oc4ccccc43)CC2)cc1. The summed E-state index contributed by atoms with van der Waals surface area (Å²) in [4.78, 5) is 2.89. The molecule has 0 spiro atoms. The molecule has 3 aromatic rings. The van der Waals surface area contributed by atoms with Crippen LogP contribution in [0.25, 0.3) is 11.1 Å². The lowest BCUT2D eigenvalue weighted by Gasteiger charge is -2.34. The quantitative estimate of drug-likeness (QED) is 0.593. The molecule has 1 aliphatic heterocycles. The van der Waals surface area contributed by atoms with E-state index in [1.54, 1.807) is 31.4 Å². The normalized spacial score (nSPS) is 16.5. The summed E-state index contributed by atoms with van der Waals surface area (Å²) in [5.41, 5.74) is 1.70. The fourth-order valence-corrected chi connectivity index (χ4v) is 5.02. The van der Waals surface area contributed by atoms with Gasteiger partial charge in [0.25, 0.3) is 4.84 Å². The molecule has 2 aromatic carbocycles. The van der Waals surface area contributed by atoms with Crippen molar-refractivity contribution in [3.8, 4) is 5.75 Å². The van der Waals surface area contributed by atoms with Crippen molar-refractivity contribution in [2.24, 2.45) is 0 Å². The number of ether oxygens (including phenoxy) is 1.